The van der Waals surface area contributed by atoms with Gasteiger partial charge < -0.3 is 20.1 Å². The summed E-state index contributed by atoms with van der Waals surface area (Å²) in [5.41, 5.74) is 4.82. The Morgan fingerprint density at radius 2 is 1.83 bits per heavy atom. The number of nitrogens with one attached hydrogen (secondary N) is 2. The van der Waals surface area contributed by atoms with Crippen LogP contribution in [-0.2, 0) is 4.79 Å². The molecule has 1 amide bonds. The number of hydrogen-bond acceptors (Lipinski definition) is 4. The summed E-state index contributed by atoms with van der Waals surface area (Å²) in [5, 5.41) is 7.09. The van der Waals surface area contributed by atoms with Gasteiger partial charge in [-0.2, -0.15) is 0 Å². The molecule has 0 spiro atoms. The molecule has 0 bridgehead atoms. The number of thiocarbonyl (C=S) groups is 1. The normalized spacial score (nSPS) is 17.3. The van der Waals surface area contributed by atoms with E-state index in [0.717, 1.165) is 28.3 Å². The van der Waals surface area contributed by atoms with Crippen LogP contribution in [-0.4, -0.2) is 37.0 Å². The second-order valence-electron chi connectivity index (χ2n) is 8.44. The van der Waals surface area contributed by atoms with Gasteiger partial charge in [0.25, 0.3) is 0 Å². The Morgan fingerprint density at radius 3 is 2.60 bits per heavy atom. The molecular weight excluding hydrogens is 456 g/mol. The first-order valence-corrected chi connectivity index (χ1v) is 11.9. The van der Waals surface area contributed by atoms with Crippen molar-refractivity contribution in [1.82, 2.24) is 24.8 Å². The van der Waals surface area contributed by atoms with Crippen LogP contribution in [0.15, 0.2) is 91.5 Å². The van der Waals surface area contributed by atoms with Gasteiger partial charge in [-0.15, -0.1) is 0 Å². The van der Waals surface area contributed by atoms with Gasteiger partial charge >= 0.3 is 0 Å². The van der Waals surface area contributed by atoms with E-state index in [1.165, 1.54) is 0 Å². The van der Waals surface area contributed by atoms with Crippen molar-refractivity contribution in [3.8, 4) is 5.69 Å². The van der Waals surface area contributed by atoms with Crippen molar-refractivity contribution >= 4 is 28.9 Å². The number of carbonyl (C=O) groups is 1. The van der Waals surface area contributed by atoms with Crippen LogP contribution in [0.4, 0.5) is 5.69 Å². The molecule has 35 heavy (non-hydrogen) atoms. The highest BCUT2D eigenvalue weighted by molar-refractivity contribution is 7.80. The van der Waals surface area contributed by atoms with Crippen LogP contribution >= 0.6 is 12.2 Å². The van der Waals surface area contributed by atoms with Crippen molar-refractivity contribution in [2.24, 2.45) is 0 Å². The zero-order valence-electron chi connectivity index (χ0n) is 19.3. The summed E-state index contributed by atoms with van der Waals surface area (Å²) >= 11 is 5.77. The molecule has 7 nitrogen and oxygen atoms in total. The molecule has 0 unspecified atom stereocenters. The Hall–Kier alpha value is -4.04. The van der Waals surface area contributed by atoms with Crippen LogP contribution in [0.5, 0.6) is 0 Å². The average molecular weight is 483 g/mol. The van der Waals surface area contributed by atoms with Gasteiger partial charge in [0.2, 0.25) is 5.91 Å². The molecule has 0 saturated carbocycles. The van der Waals surface area contributed by atoms with Crippen LogP contribution in [0.3, 0.4) is 0 Å². The molecule has 1 aliphatic rings. The van der Waals surface area contributed by atoms with Gasteiger partial charge in [-0.1, -0.05) is 24.3 Å². The maximum absolute atomic E-state index is 12.8. The van der Waals surface area contributed by atoms with E-state index in [-0.39, 0.29) is 18.0 Å². The minimum Gasteiger partial charge on any atom is -0.352 e. The molecule has 1 aliphatic heterocycles. The molecule has 4 heterocycles. The molecule has 0 aliphatic carbocycles. The fourth-order valence-corrected chi connectivity index (χ4v) is 4.82. The number of para-hydroxylation sites is 1. The number of aryl methyl sites for hydroxylation is 1. The summed E-state index contributed by atoms with van der Waals surface area (Å²) in [5.74, 6) is -0.0494. The first-order chi connectivity index (χ1) is 17.1. The zero-order chi connectivity index (χ0) is 24.2. The molecule has 4 aromatic rings. The van der Waals surface area contributed by atoms with E-state index >= 15 is 0 Å². The highest BCUT2D eigenvalue weighted by atomic mass is 32.1. The van der Waals surface area contributed by atoms with Crippen LogP contribution in [0.1, 0.15) is 35.5 Å². The summed E-state index contributed by atoms with van der Waals surface area (Å²) < 4.78 is 2.14. The Labute approximate surface area is 209 Å². The standard InChI is InChI=1S/C27H26N6OS/c1-19-7-2-3-8-21(19)30-24(34)13-18-33-26(25(31-27(33)35)22-9-4-5-14-29-22)23-10-6-17-32(23)20-11-15-28-16-12-20/h2-12,14-17,25-26H,13,18H2,1H3,(H,30,34)(H,31,35)/t25-,26-/m0/s1. The van der Waals surface area contributed by atoms with Gasteiger partial charge in [0.05, 0.1) is 17.8 Å². The molecule has 2 N–H and O–H groups in total. The molecule has 5 rings (SSSR count). The smallest absolute Gasteiger partial charge is 0.226 e. The number of amides is 1. The summed E-state index contributed by atoms with van der Waals surface area (Å²) in [6.07, 6.45) is 7.68. The summed E-state index contributed by atoms with van der Waals surface area (Å²) in [4.78, 5) is 23.7. The second kappa shape index (κ2) is 10.1. The van der Waals surface area contributed by atoms with Gasteiger partial charge in [0.15, 0.2) is 5.11 Å². The third-order valence-corrected chi connectivity index (χ3v) is 6.57. The Kier molecular flexibility index (Phi) is 6.54. The molecule has 8 heteroatoms. The number of nitrogens with zero attached hydrogens (tertiary/aromatic N) is 4. The lowest BCUT2D eigenvalue weighted by molar-refractivity contribution is -0.116. The van der Waals surface area contributed by atoms with E-state index in [1.807, 2.05) is 73.8 Å². The Morgan fingerprint density at radius 1 is 1.03 bits per heavy atom. The van der Waals surface area contributed by atoms with Crippen LogP contribution in [0, 0.1) is 6.92 Å². The summed E-state index contributed by atoms with van der Waals surface area (Å²) in [6, 6.07) is 21.4. The monoisotopic (exact) mass is 482 g/mol. The number of anilines is 1. The van der Waals surface area contributed by atoms with Crippen molar-refractivity contribution in [3.05, 3.63) is 108 Å². The van der Waals surface area contributed by atoms with Crippen LogP contribution in [0.25, 0.3) is 5.69 Å². The van der Waals surface area contributed by atoms with Gasteiger partial charge in [-0.25, -0.2) is 0 Å². The minimum atomic E-state index is -0.154. The predicted octanol–water partition coefficient (Wildman–Crippen LogP) is 4.58. The molecule has 176 valence electrons. The molecule has 2 atom stereocenters. The largest absolute Gasteiger partial charge is 0.352 e. The van der Waals surface area contributed by atoms with Crippen LogP contribution in [0.2, 0.25) is 0 Å². The quantitative estimate of drug-likeness (QED) is 0.376. The number of aromatic nitrogens is 3. The third kappa shape index (κ3) is 4.79. The highest BCUT2D eigenvalue weighted by Gasteiger charge is 2.41. The number of pyridine rings is 2. The lowest BCUT2D eigenvalue weighted by atomic mass is 10.0. The topological polar surface area (TPSA) is 75.1 Å². The van der Waals surface area contributed by atoms with E-state index in [2.05, 4.69) is 36.1 Å². The summed E-state index contributed by atoms with van der Waals surface area (Å²) in [6.45, 7) is 2.45. The number of hydrogen-bond donors (Lipinski definition) is 2. The second-order valence-corrected chi connectivity index (χ2v) is 8.83. The molecule has 0 radical (unpaired) electrons. The van der Waals surface area contributed by atoms with Crippen molar-refractivity contribution in [3.63, 3.8) is 0 Å². The molecule has 1 aromatic carbocycles. The van der Waals surface area contributed by atoms with Crippen molar-refractivity contribution in [2.75, 3.05) is 11.9 Å². The molecule has 3 aromatic heterocycles. The Bertz CT molecular complexity index is 1320. The maximum atomic E-state index is 12.8. The first-order valence-electron chi connectivity index (χ1n) is 11.5. The predicted molar refractivity (Wildman–Crippen MR) is 140 cm³/mol. The average Bonchev–Trinajstić information content (AvgIpc) is 3.49. The van der Waals surface area contributed by atoms with Crippen molar-refractivity contribution in [2.45, 2.75) is 25.4 Å². The third-order valence-electron chi connectivity index (χ3n) is 6.22. The molecule has 1 fully saturated rings. The van der Waals surface area contributed by atoms with Gasteiger partial charge in [-0.3, -0.25) is 14.8 Å². The van der Waals surface area contributed by atoms with E-state index in [0.29, 0.717) is 18.1 Å². The fourth-order valence-electron chi connectivity index (χ4n) is 4.49. The summed E-state index contributed by atoms with van der Waals surface area (Å²) in [7, 11) is 0. The number of carbonyl (C=O) groups excluding carboxylic acids is 1. The van der Waals surface area contributed by atoms with E-state index in [9.17, 15) is 4.79 Å². The van der Waals surface area contributed by atoms with E-state index in [1.54, 1.807) is 18.6 Å². The highest BCUT2D eigenvalue weighted by Crippen LogP contribution is 2.39. The van der Waals surface area contributed by atoms with Crippen LogP contribution < -0.4 is 10.6 Å². The van der Waals surface area contributed by atoms with Gasteiger partial charge in [-0.05, 0) is 67.2 Å². The molecular formula is C27H26N6OS. The molecule has 1 saturated heterocycles. The SMILES string of the molecule is Cc1ccccc1NC(=O)CCN1C(=S)N[C@@H](c2ccccn2)[C@@H]1c1cccn1-c1ccncc1. The van der Waals surface area contributed by atoms with Gasteiger partial charge in [0.1, 0.15) is 0 Å². The zero-order valence-corrected chi connectivity index (χ0v) is 20.2. The maximum Gasteiger partial charge on any atom is 0.226 e. The fraction of sp³-hybridized carbons (Fsp3) is 0.185. The van der Waals surface area contributed by atoms with Crippen molar-refractivity contribution < 1.29 is 4.79 Å². The minimum absolute atomic E-state index is 0.0494. The van der Waals surface area contributed by atoms with Crippen molar-refractivity contribution in [1.29, 1.82) is 0 Å². The van der Waals surface area contributed by atoms with Gasteiger partial charge in [0, 0.05) is 54.8 Å². The van der Waals surface area contributed by atoms with E-state index in [4.69, 9.17) is 12.2 Å². The van der Waals surface area contributed by atoms with E-state index < -0.39 is 0 Å². The lowest BCUT2D eigenvalue weighted by Crippen LogP contribution is -2.33. The first kappa shape index (κ1) is 22.7. The lowest BCUT2D eigenvalue weighted by Gasteiger charge is -2.28. The number of rotatable bonds is 7. The number of benzene rings is 1. The Balaban J connectivity index is 1.44.